The van der Waals surface area contributed by atoms with Crippen LogP contribution in [0.5, 0.6) is 0 Å². The number of halogens is 3. The quantitative estimate of drug-likeness (QED) is 0.826. The first-order valence-corrected chi connectivity index (χ1v) is 4.23. The number of rotatable bonds is 3. The number of alkyl halides is 3. The van der Waals surface area contributed by atoms with E-state index in [9.17, 15) is 18.0 Å². The molecule has 0 aliphatic heterocycles. The Bertz CT molecular complexity index is 320. The van der Waals surface area contributed by atoms with Gasteiger partial charge in [0, 0.05) is 25.0 Å². The zero-order valence-corrected chi connectivity index (χ0v) is 7.95. The van der Waals surface area contributed by atoms with Crippen LogP contribution in [-0.4, -0.2) is 27.7 Å². The van der Waals surface area contributed by atoms with Crippen LogP contribution in [0, 0.1) is 0 Å². The molecule has 0 radical (unpaired) electrons. The molecule has 1 N–H and O–H groups in total. The number of imidazole rings is 1. The van der Waals surface area contributed by atoms with Gasteiger partial charge < -0.3 is 9.88 Å². The first-order chi connectivity index (χ1) is 6.89. The third-order valence-corrected chi connectivity index (χ3v) is 1.68. The number of nitrogens with zero attached hydrogens (tertiary/aromatic N) is 2. The highest BCUT2D eigenvalue weighted by atomic mass is 19.4. The Balaban J connectivity index is 2.43. The second kappa shape index (κ2) is 4.33. The largest absolute Gasteiger partial charge is 0.471 e. The highest BCUT2D eigenvalue weighted by Gasteiger charge is 2.39. The molecule has 0 aliphatic carbocycles. The minimum Gasteiger partial charge on any atom is -0.344 e. The fraction of sp³-hybridized carbons (Fsp3) is 0.500. The Hall–Kier alpha value is -1.53. The van der Waals surface area contributed by atoms with Crippen LogP contribution in [0.3, 0.4) is 0 Å². The van der Waals surface area contributed by atoms with Gasteiger partial charge in [0.05, 0.1) is 6.33 Å². The average molecular weight is 221 g/mol. The highest BCUT2D eigenvalue weighted by molar-refractivity contribution is 5.81. The van der Waals surface area contributed by atoms with Gasteiger partial charge in [0.1, 0.15) is 0 Å². The molecule has 0 aliphatic rings. The SMILES string of the molecule is CC(Cn1ccnc1)NC(=O)C(F)(F)F. The summed E-state index contributed by atoms with van der Waals surface area (Å²) in [6.45, 7) is 1.74. The summed E-state index contributed by atoms with van der Waals surface area (Å²) in [5.74, 6) is -1.92. The van der Waals surface area contributed by atoms with Crippen molar-refractivity contribution >= 4 is 5.91 Å². The van der Waals surface area contributed by atoms with Gasteiger partial charge in [0.2, 0.25) is 0 Å². The maximum Gasteiger partial charge on any atom is 0.471 e. The van der Waals surface area contributed by atoms with Crippen molar-refractivity contribution in [3.8, 4) is 0 Å². The smallest absolute Gasteiger partial charge is 0.344 e. The van der Waals surface area contributed by atoms with Gasteiger partial charge in [-0.3, -0.25) is 4.79 Å². The van der Waals surface area contributed by atoms with E-state index in [1.165, 1.54) is 19.4 Å². The van der Waals surface area contributed by atoms with Crippen molar-refractivity contribution < 1.29 is 18.0 Å². The number of nitrogens with one attached hydrogen (secondary N) is 1. The van der Waals surface area contributed by atoms with Crippen LogP contribution in [0.15, 0.2) is 18.7 Å². The van der Waals surface area contributed by atoms with Crippen LogP contribution in [0.25, 0.3) is 0 Å². The lowest BCUT2D eigenvalue weighted by atomic mass is 10.3. The monoisotopic (exact) mass is 221 g/mol. The summed E-state index contributed by atoms with van der Waals surface area (Å²) in [6.07, 6.45) is -0.242. The van der Waals surface area contributed by atoms with Gasteiger partial charge in [-0.2, -0.15) is 13.2 Å². The van der Waals surface area contributed by atoms with Crippen molar-refractivity contribution in [2.45, 2.75) is 25.7 Å². The van der Waals surface area contributed by atoms with E-state index >= 15 is 0 Å². The fourth-order valence-electron chi connectivity index (χ4n) is 1.06. The predicted molar refractivity (Wildman–Crippen MR) is 45.9 cm³/mol. The molecule has 0 fully saturated rings. The zero-order valence-electron chi connectivity index (χ0n) is 7.95. The Morgan fingerprint density at radius 2 is 2.27 bits per heavy atom. The molecule has 1 aromatic rings. The molecule has 1 rings (SSSR count). The van der Waals surface area contributed by atoms with E-state index in [0.29, 0.717) is 0 Å². The van der Waals surface area contributed by atoms with Gasteiger partial charge in [-0.05, 0) is 6.92 Å². The molecule has 1 aromatic heterocycles. The van der Waals surface area contributed by atoms with Crippen LogP contribution in [0.2, 0.25) is 0 Å². The van der Waals surface area contributed by atoms with Crippen molar-refractivity contribution in [1.29, 1.82) is 0 Å². The molecule has 0 saturated heterocycles. The van der Waals surface area contributed by atoms with Crippen molar-refractivity contribution in [2.24, 2.45) is 0 Å². The summed E-state index contributed by atoms with van der Waals surface area (Å²) < 4.78 is 37.2. The molecule has 0 saturated carbocycles. The summed E-state index contributed by atoms with van der Waals surface area (Å²) in [6, 6.07) is -0.603. The third-order valence-electron chi connectivity index (χ3n) is 1.68. The van der Waals surface area contributed by atoms with Gasteiger partial charge in [0.15, 0.2) is 0 Å². The molecular weight excluding hydrogens is 211 g/mol. The number of hydrogen-bond donors (Lipinski definition) is 1. The Morgan fingerprint density at radius 1 is 1.60 bits per heavy atom. The van der Waals surface area contributed by atoms with E-state index < -0.39 is 18.1 Å². The van der Waals surface area contributed by atoms with Gasteiger partial charge in [-0.15, -0.1) is 0 Å². The van der Waals surface area contributed by atoms with Crippen molar-refractivity contribution in [1.82, 2.24) is 14.9 Å². The minimum absolute atomic E-state index is 0.252. The number of hydrogen-bond acceptors (Lipinski definition) is 2. The van der Waals surface area contributed by atoms with E-state index in [1.54, 1.807) is 10.8 Å². The van der Waals surface area contributed by atoms with Crippen molar-refractivity contribution in [2.75, 3.05) is 0 Å². The molecule has 4 nitrogen and oxygen atoms in total. The average Bonchev–Trinajstić information content (AvgIpc) is 2.54. The molecule has 1 amide bonds. The second-order valence-corrected chi connectivity index (χ2v) is 3.13. The lowest BCUT2D eigenvalue weighted by molar-refractivity contribution is -0.174. The first kappa shape index (κ1) is 11.5. The lowest BCUT2D eigenvalue weighted by Gasteiger charge is -2.15. The molecule has 1 heterocycles. The molecule has 1 unspecified atom stereocenters. The molecule has 0 bridgehead atoms. The molecule has 0 aromatic carbocycles. The molecule has 84 valence electrons. The molecule has 0 spiro atoms. The van der Waals surface area contributed by atoms with Gasteiger partial charge in [-0.25, -0.2) is 4.98 Å². The van der Waals surface area contributed by atoms with Crippen molar-refractivity contribution in [3.63, 3.8) is 0 Å². The Labute approximate surface area is 84.1 Å². The van der Waals surface area contributed by atoms with Crippen LogP contribution >= 0.6 is 0 Å². The topological polar surface area (TPSA) is 46.9 Å². The highest BCUT2D eigenvalue weighted by Crippen LogP contribution is 2.14. The van der Waals surface area contributed by atoms with Crippen LogP contribution < -0.4 is 5.32 Å². The van der Waals surface area contributed by atoms with Crippen LogP contribution in [0.1, 0.15) is 6.92 Å². The number of amides is 1. The van der Waals surface area contributed by atoms with Gasteiger partial charge in [0.25, 0.3) is 0 Å². The van der Waals surface area contributed by atoms with E-state index in [0.717, 1.165) is 0 Å². The summed E-state index contributed by atoms with van der Waals surface area (Å²) in [5.41, 5.74) is 0. The number of carbonyl (C=O) groups excluding carboxylic acids is 1. The summed E-state index contributed by atoms with van der Waals surface area (Å²) in [4.78, 5) is 14.3. The maximum absolute atomic E-state index is 11.9. The second-order valence-electron chi connectivity index (χ2n) is 3.13. The van der Waals surface area contributed by atoms with Gasteiger partial charge in [-0.1, -0.05) is 0 Å². The molecule has 1 atom stereocenters. The zero-order chi connectivity index (χ0) is 11.5. The standard InChI is InChI=1S/C8H10F3N3O/c1-6(4-14-3-2-12-5-14)13-7(15)8(9,10)11/h2-3,5-6H,4H2,1H3,(H,13,15). The summed E-state index contributed by atoms with van der Waals surface area (Å²) in [7, 11) is 0. The first-order valence-electron chi connectivity index (χ1n) is 4.23. The fourth-order valence-corrected chi connectivity index (χ4v) is 1.06. The molecule has 15 heavy (non-hydrogen) atoms. The summed E-state index contributed by atoms with van der Waals surface area (Å²) >= 11 is 0. The van der Waals surface area contributed by atoms with E-state index in [1.807, 2.05) is 5.32 Å². The van der Waals surface area contributed by atoms with Crippen molar-refractivity contribution in [3.05, 3.63) is 18.7 Å². The van der Waals surface area contributed by atoms with E-state index in [4.69, 9.17) is 0 Å². The lowest BCUT2D eigenvalue weighted by Crippen LogP contribution is -2.43. The number of carbonyl (C=O) groups is 1. The summed E-state index contributed by atoms with van der Waals surface area (Å²) in [5, 5.41) is 1.85. The Kier molecular flexibility index (Phi) is 3.33. The minimum atomic E-state index is -4.83. The predicted octanol–water partition coefficient (Wildman–Crippen LogP) is 0.950. The molecular formula is C8H10F3N3O. The number of aromatic nitrogens is 2. The third kappa shape index (κ3) is 3.61. The van der Waals surface area contributed by atoms with E-state index in [-0.39, 0.29) is 6.54 Å². The molecule has 7 heteroatoms. The van der Waals surface area contributed by atoms with Gasteiger partial charge >= 0.3 is 12.1 Å². The van der Waals surface area contributed by atoms with Crippen LogP contribution in [0.4, 0.5) is 13.2 Å². The van der Waals surface area contributed by atoms with Crippen LogP contribution in [-0.2, 0) is 11.3 Å². The Morgan fingerprint density at radius 3 is 2.73 bits per heavy atom. The maximum atomic E-state index is 11.9. The normalized spacial score (nSPS) is 13.6. The van der Waals surface area contributed by atoms with E-state index in [2.05, 4.69) is 4.98 Å².